The first-order valence-corrected chi connectivity index (χ1v) is 7.37. The fraction of sp³-hybridized carbons (Fsp3) is 0.263. The highest BCUT2D eigenvalue weighted by Crippen LogP contribution is 2.11. The third kappa shape index (κ3) is 4.12. The minimum atomic E-state index is 0.0130. The Morgan fingerprint density at radius 2 is 1.71 bits per heavy atom. The summed E-state index contributed by atoms with van der Waals surface area (Å²) < 4.78 is 0. The lowest BCUT2D eigenvalue weighted by molar-refractivity contribution is 0.106. The monoisotopic (exact) mass is 279 g/mol. The van der Waals surface area contributed by atoms with Crippen LogP contribution in [-0.4, -0.2) is 18.5 Å². The Bertz CT molecular complexity index is 629. The summed E-state index contributed by atoms with van der Waals surface area (Å²) in [6.45, 7) is 2.17. The number of carbonyl (C=O) groups is 1. The van der Waals surface area contributed by atoms with E-state index in [2.05, 4.69) is 36.2 Å². The van der Waals surface area contributed by atoms with Crippen molar-refractivity contribution < 1.29 is 4.79 Å². The fourth-order valence-electron chi connectivity index (χ4n) is 2.39. The lowest BCUT2D eigenvalue weighted by atomic mass is 9.98. The van der Waals surface area contributed by atoms with E-state index in [0.717, 1.165) is 18.4 Å². The highest BCUT2D eigenvalue weighted by atomic mass is 16.1. The fourth-order valence-corrected chi connectivity index (χ4v) is 2.39. The Labute approximate surface area is 126 Å². The van der Waals surface area contributed by atoms with E-state index < -0.39 is 0 Å². The zero-order valence-electron chi connectivity index (χ0n) is 12.7. The zero-order chi connectivity index (χ0) is 15.1. The van der Waals surface area contributed by atoms with Gasteiger partial charge in [0.2, 0.25) is 5.78 Å². The molecule has 2 rings (SSSR count). The van der Waals surface area contributed by atoms with E-state index in [1.165, 1.54) is 5.56 Å². The van der Waals surface area contributed by atoms with Crippen molar-refractivity contribution in [1.29, 1.82) is 0 Å². The second kappa shape index (κ2) is 7.53. The van der Waals surface area contributed by atoms with Crippen LogP contribution in [0.2, 0.25) is 0 Å². The van der Waals surface area contributed by atoms with Gasteiger partial charge in [-0.2, -0.15) is 0 Å². The van der Waals surface area contributed by atoms with Crippen molar-refractivity contribution in [2.75, 3.05) is 7.05 Å². The number of nitrogens with zero attached hydrogens (tertiary/aromatic N) is 1. The minimum absolute atomic E-state index is 0.0130. The summed E-state index contributed by atoms with van der Waals surface area (Å²) in [4.78, 5) is 16.7. The minimum Gasteiger partial charge on any atom is -0.289 e. The molecule has 2 heteroatoms. The number of ketones is 1. The van der Waals surface area contributed by atoms with Crippen molar-refractivity contribution >= 4 is 11.5 Å². The molecular weight excluding hydrogens is 258 g/mol. The van der Waals surface area contributed by atoms with Crippen LogP contribution in [0.5, 0.6) is 0 Å². The van der Waals surface area contributed by atoms with Crippen LogP contribution in [0.15, 0.2) is 59.6 Å². The number of benzene rings is 2. The van der Waals surface area contributed by atoms with Gasteiger partial charge in [-0.15, -0.1) is 0 Å². The predicted octanol–water partition coefficient (Wildman–Crippen LogP) is 4.14. The Kier molecular flexibility index (Phi) is 5.44. The number of hydrogen-bond acceptors (Lipinski definition) is 2. The maximum absolute atomic E-state index is 12.5. The maximum Gasteiger partial charge on any atom is 0.207 e. The second-order valence-electron chi connectivity index (χ2n) is 5.11. The van der Waals surface area contributed by atoms with E-state index in [4.69, 9.17) is 0 Å². The highest BCUT2D eigenvalue weighted by molar-refractivity contribution is 6.46. The van der Waals surface area contributed by atoms with Gasteiger partial charge < -0.3 is 0 Å². The van der Waals surface area contributed by atoms with Crippen molar-refractivity contribution in [3.8, 4) is 0 Å². The van der Waals surface area contributed by atoms with Crippen LogP contribution >= 0.6 is 0 Å². The standard InChI is InChI=1S/C19H21NO/c1-3-8-15-9-7-10-16(13-15)14-18(20-2)19(21)17-11-5-4-6-12-17/h4-7,9-13H,3,8,14H2,1-2H3. The average molecular weight is 279 g/mol. The molecule has 0 saturated carbocycles. The summed E-state index contributed by atoms with van der Waals surface area (Å²) in [5, 5.41) is 0. The Morgan fingerprint density at radius 1 is 1.00 bits per heavy atom. The van der Waals surface area contributed by atoms with E-state index in [1.54, 1.807) is 7.05 Å². The molecule has 21 heavy (non-hydrogen) atoms. The number of hydrogen-bond donors (Lipinski definition) is 0. The van der Waals surface area contributed by atoms with Gasteiger partial charge in [0.15, 0.2) is 0 Å². The SMILES string of the molecule is CCCc1cccc(CC(=NC)C(=O)c2ccccc2)c1. The van der Waals surface area contributed by atoms with E-state index >= 15 is 0 Å². The molecule has 0 bridgehead atoms. The van der Waals surface area contributed by atoms with Crippen LogP contribution in [0, 0.1) is 0 Å². The van der Waals surface area contributed by atoms with Crippen LogP contribution in [0.3, 0.4) is 0 Å². The average Bonchev–Trinajstić information content (AvgIpc) is 2.53. The number of carbonyl (C=O) groups excluding carboxylic acids is 1. The molecule has 2 nitrogen and oxygen atoms in total. The normalized spacial score (nSPS) is 11.4. The molecule has 0 fully saturated rings. The molecular formula is C19H21NO. The number of Topliss-reactive ketones (excluding diaryl/α,β-unsaturated/α-hetero) is 1. The van der Waals surface area contributed by atoms with Gasteiger partial charge in [-0.05, 0) is 17.5 Å². The van der Waals surface area contributed by atoms with Crippen molar-refractivity contribution in [2.45, 2.75) is 26.2 Å². The lowest BCUT2D eigenvalue weighted by Gasteiger charge is -2.07. The molecule has 0 N–H and O–H groups in total. The van der Waals surface area contributed by atoms with Crippen LogP contribution in [0.25, 0.3) is 0 Å². The third-order valence-corrected chi connectivity index (χ3v) is 3.47. The first-order valence-electron chi connectivity index (χ1n) is 7.37. The summed E-state index contributed by atoms with van der Waals surface area (Å²) >= 11 is 0. The smallest absolute Gasteiger partial charge is 0.207 e. The largest absolute Gasteiger partial charge is 0.289 e. The van der Waals surface area contributed by atoms with Crippen molar-refractivity contribution in [1.82, 2.24) is 0 Å². The maximum atomic E-state index is 12.5. The first kappa shape index (κ1) is 15.2. The van der Waals surface area contributed by atoms with Crippen molar-refractivity contribution in [3.63, 3.8) is 0 Å². The van der Waals surface area contributed by atoms with Crippen molar-refractivity contribution in [3.05, 3.63) is 71.3 Å². The van der Waals surface area contributed by atoms with Crippen LogP contribution in [0.4, 0.5) is 0 Å². The molecule has 0 amide bonds. The van der Waals surface area contributed by atoms with E-state index in [0.29, 0.717) is 17.7 Å². The molecule has 0 spiro atoms. The third-order valence-electron chi connectivity index (χ3n) is 3.47. The molecule has 2 aromatic rings. The molecule has 0 heterocycles. The first-order chi connectivity index (χ1) is 10.2. The van der Waals surface area contributed by atoms with Gasteiger partial charge in [-0.3, -0.25) is 9.79 Å². The summed E-state index contributed by atoms with van der Waals surface area (Å²) in [7, 11) is 1.69. The molecule has 0 radical (unpaired) electrons. The van der Waals surface area contributed by atoms with Gasteiger partial charge in [0.25, 0.3) is 0 Å². The molecule has 2 aromatic carbocycles. The van der Waals surface area contributed by atoms with Crippen LogP contribution in [0.1, 0.15) is 34.8 Å². The zero-order valence-corrected chi connectivity index (χ0v) is 12.7. The summed E-state index contributed by atoms with van der Waals surface area (Å²) in [6.07, 6.45) is 2.78. The predicted molar refractivity (Wildman–Crippen MR) is 88.3 cm³/mol. The van der Waals surface area contributed by atoms with Gasteiger partial charge in [-0.25, -0.2) is 0 Å². The summed E-state index contributed by atoms with van der Waals surface area (Å²) in [5.74, 6) is 0.0130. The van der Waals surface area contributed by atoms with Gasteiger partial charge in [0, 0.05) is 19.0 Å². The van der Waals surface area contributed by atoms with E-state index in [-0.39, 0.29) is 5.78 Å². The number of rotatable bonds is 6. The van der Waals surface area contributed by atoms with E-state index in [1.807, 2.05) is 30.3 Å². The Morgan fingerprint density at radius 3 is 2.38 bits per heavy atom. The van der Waals surface area contributed by atoms with E-state index in [9.17, 15) is 4.79 Å². The summed E-state index contributed by atoms with van der Waals surface area (Å²) in [6, 6.07) is 17.8. The number of aryl methyl sites for hydroxylation is 1. The Balaban J connectivity index is 2.16. The van der Waals surface area contributed by atoms with Gasteiger partial charge in [0.1, 0.15) is 0 Å². The molecule has 0 atom stereocenters. The number of aliphatic imine (C=N–C) groups is 1. The molecule has 0 aliphatic carbocycles. The van der Waals surface area contributed by atoms with Crippen LogP contribution in [-0.2, 0) is 12.8 Å². The van der Waals surface area contributed by atoms with Gasteiger partial charge >= 0.3 is 0 Å². The van der Waals surface area contributed by atoms with Gasteiger partial charge in [-0.1, -0.05) is 67.9 Å². The molecule has 0 aliphatic rings. The second-order valence-corrected chi connectivity index (χ2v) is 5.11. The summed E-state index contributed by atoms with van der Waals surface area (Å²) in [5.41, 5.74) is 3.76. The highest BCUT2D eigenvalue weighted by Gasteiger charge is 2.13. The molecule has 0 aliphatic heterocycles. The molecule has 0 saturated heterocycles. The van der Waals surface area contributed by atoms with Gasteiger partial charge in [0.05, 0.1) is 5.71 Å². The Hall–Kier alpha value is -2.22. The van der Waals surface area contributed by atoms with Crippen LogP contribution < -0.4 is 0 Å². The lowest BCUT2D eigenvalue weighted by Crippen LogP contribution is -2.17. The van der Waals surface area contributed by atoms with Crippen molar-refractivity contribution in [2.24, 2.45) is 4.99 Å². The molecule has 0 aromatic heterocycles. The quantitative estimate of drug-likeness (QED) is 0.577. The topological polar surface area (TPSA) is 29.4 Å². The molecule has 0 unspecified atom stereocenters. The molecule has 108 valence electrons.